The Morgan fingerprint density at radius 3 is 2.21 bits per heavy atom. The molecule has 0 aliphatic carbocycles. The summed E-state index contributed by atoms with van der Waals surface area (Å²) in [4.78, 5) is 27.8. The number of halogens is 3. The number of nitrogens with zero attached hydrogens (tertiary/aromatic N) is 2. The second kappa shape index (κ2) is 13.7. The molecule has 0 aliphatic heterocycles. The number of benzene rings is 3. The molecule has 0 fully saturated rings. The summed E-state index contributed by atoms with van der Waals surface area (Å²) in [6, 6.07) is 15.3. The molecule has 0 radical (unpaired) electrons. The molecule has 3 aromatic carbocycles. The van der Waals surface area contributed by atoms with E-state index in [4.69, 9.17) is 4.74 Å². The van der Waals surface area contributed by atoms with Crippen LogP contribution in [0.25, 0.3) is 0 Å². The van der Waals surface area contributed by atoms with Crippen molar-refractivity contribution in [1.82, 2.24) is 10.2 Å². The molecule has 0 unspecified atom stereocenters. The number of alkyl halides is 3. The van der Waals surface area contributed by atoms with E-state index in [-0.39, 0.29) is 17.1 Å². The van der Waals surface area contributed by atoms with Gasteiger partial charge >= 0.3 is 6.18 Å². The Balaban J connectivity index is 2.07. The van der Waals surface area contributed by atoms with Crippen LogP contribution in [-0.4, -0.2) is 51.4 Å². The number of carbonyl (C=O) groups is 2. The van der Waals surface area contributed by atoms with Gasteiger partial charge in [0.25, 0.3) is 10.0 Å². The van der Waals surface area contributed by atoms with Crippen LogP contribution in [0.1, 0.15) is 37.0 Å². The largest absolute Gasteiger partial charge is 0.497 e. The van der Waals surface area contributed by atoms with Crippen LogP contribution in [0.15, 0.2) is 77.7 Å². The molecular formula is C30H34F3N3O5S. The molecule has 12 heteroatoms. The number of amides is 2. The van der Waals surface area contributed by atoms with E-state index in [0.717, 1.165) is 17.7 Å². The van der Waals surface area contributed by atoms with Gasteiger partial charge in [0.1, 0.15) is 18.3 Å². The Morgan fingerprint density at radius 2 is 1.64 bits per heavy atom. The number of rotatable bonds is 12. The summed E-state index contributed by atoms with van der Waals surface area (Å²) in [6.07, 6.45) is -4.09. The fourth-order valence-corrected chi connectivity index (χ4v) is 5.52. The Hall–Kier alpha value is -4.06. The van der Waals surface area contributed by atoms with Crippen molar-refractivity contribution in [1.29, 1.82) is 0 Å². The van der Waals surface area contributed by atoms with Gasteiger partial charge in [-0.2, -0.15) is 13.2 Å². The highest BCUT2D eigenvalue weighted by Crippen LogP contribution is 2.33. The molecule has 0 saturated carbocycles. The van der Waals surface area contributed by atoms with Gasteiger partial charge < -0.3 is 15.0 Å². The number of sulfonamides is 1. The van der Waals surface area contributed by atoms with Gasteiger partial charge in [-0.15, -0.1) is 0 Å². The molecule has 8 nitrogen and oxygen atoms in total. The Kier molecular flexibility index (Phi) is 10.6. The summed E-state index contributed by atoms with van der Waals surface area (Å²) in [5.41, 5.74) is -0.00952. The second-order valence-electron chi connectivity index (χ2n) is 9.71. The minimum Gasteiger partial charge on any atom is -0.497 e. The minimum atomic E-state index is -4.74. The van der Waals surface area contributed by atoms with Crippen molar-refractivity contribution in [2.75, 3.05) is 24.5 Å². The van der Waals surface area contributed by atoms with Gasteiger partial charge in [-0.25, -0.2) is 8.42 Å². The normalized spacial score (nSPS) is 12.4. The van der Waals surface area contributed by atoms with Crippen molar-refractivity contribution < 1.29 is 35.9 Å². The first-order valence-electron chi connectivity index (χ1n) is 13.2. The third kappa shape index (κ3) is 8.03. The molecule has 0 heterocycles. The number of methoxy groups -OCH3 is 1. The fourth-order valence-electron chi connectivity index (χ4n) is 4.11. The number of aryl methyl sites for hydroxylation is 1. The third-order valence-corrected chi connectivity index (χ3v) is 8.37. The monoisotopic (exact) mass is 605 g/mol. The molecule has 0 spiro atoms. The fraction of sp³-hybridized carbons (Fsp3) is 0.333. The van der Waals surface area contributed by atoms with E-state index in [1.807, 2.05) is 6.92 Å². The van der Waals surface area contributed by atoms with Gasteiger partial charge in [-0.05, 0) is 68.3 Å². The SMILES string of the molecule is CCCNC(=O)[C@H](C)N(Cc1ccc(OC)cc1)C(=O)CN(c1cccc(C(F)(F)F)c1)S(=O)(=O)c1ccc(C)cc1. The standard InChI is InChI=1S/C30H34F3N3O5S/c1-5-17-34-29(38)22(3)35(19-23-11-13-26(41-4)14-12-23)28(37)20-36(25-8-6-7-24(18-25)30(31,32)33)42(39,40)27-15-9-21(2)10-16-27/h6-16,18,22H,5,17,19-20H2,1-4H3,(H,34,38)/t22-/m0/s1. The van der Waals surface area contributed by atoms with Gasteiger partial charge in [0, 0.05) is 13.1 Å². The van der Waals surface area contributed by atoms with Crippen LogP contribution in [0.2, 0.25) is 0 Å². The maximum Gasteiger partial charge on any atom is 0.416 e. The Morgan fingerprint density at radius 1 is 1.00 bits per heavy atom. The topological polar surface area (TPSA) is 96.0 Å². The summed E-state index contributed by atoms with van der Waals surface area (Å²) in [6.45, 7) is 4.59. The van der Waals surface area contributed by atoms with Crippen molar-refractivity contribution >= 4 is 27.5 Å². The summed E-state index contributed by atoms with van der Waals surface area (Å²) >= 11 is 0. The number of ether oxygens (including phenoxy) is 1. The average molecular weight is 606 g/mol. The summed E-state index contributed by atoms with van der Waals surface area (Å²) in [5.74, 6) is -0.658. The summed E-state index contributed by atoms with van der Waals surface area (Å²) < 4.78 is 74.2. The van der Waals surface area contributed by atoms with Crippen LogP contribution in [0, 0.1) is 6.92 Å². The molecular weight excluding hydrogens is 571 g/mol. The smallest absolute Gasteiger partial charge is 0.416 e. The second-order valence-corrected chi connectivity index (χ2v) is 11.6. The van der Waals surface area contributed by atoms with Gasteiger partial charge in [0.2, 0.25) is 11.8 Å². The minimum absolute atomic E-state index is 0.0649. The van der Waals surface area contributed by atoms with Crippen molar-refractivity contribution in [3.05, 3.63) is 89.5 Å². The third-order valence-electron chi connectivity index (χ3n) is 6.58. The van der Waals surface area contributed by atoms with Gasteiger partial charge in [-0.1, -0.05) is 42.8 Å². The molecule has 3 rings (SSSR count). The van der Waals surface area contributed by atoms with Crippen LogP contribution in [0.5, 0.6) is 5.75 Å². The molecule has 0 saturated heterocycles. The molecule has 3 aromatic rings. The van der Waals surface area contributed by atoms with Crippen LogP contribution < -0.4 is 14.4 Å². The Bertz CT molecular complexity index is 1480. The highest BCUT2D eigenvalue weighted by molar-refractivity contribution is 7.92. The summed E-state index contributed by atoms with van der Waals surface area (Å²) in [5, 5.41) is 2.73. The highest BCUT2D eigenvalue weighted by atomic mass is 32.2. The predicted molar refractivity (Wildman–Crippen MR) is 153 cm³/mol. The lowest BCUT2D eigenvalue weighted by Crippen LogP contribution is -2.51. The highest BCUT2D eigenvalue weighted by Gasteiger charge is 2.35. The van der Waals surface area contributed by atoms with Crippen molar-refractivity contribution in [2.45, 2.75) is 50.9 Å². The number of nitrogens with one attached hydrogen (secondary N) is 1. The molecule has 1 atom stereocenters. The molecule has 1 N–H and O–H groups in total. The zero-order valence-electron chi connectivity index (χ0n) is 23.8. The lowest BCUT2D eigenvalue weighted by atomic mass is 10.1. The summed E-state index contributed by atoms with van der Waals surface area (Å²) in [7, 11) is -3.00. The van der Waals surface area contributed by atoms with Crippen LogP contribution in [0.4, 0.5) is 18.9 Å². The van der Waals surface area contributed by atoms with E-state index in [1.165, 1.54) is 37.1 Å². The lowest BCUT2D eigenvalue weighted by molar-refractivity contribution is -0.139. The molecule has 42 heavy (non-hydrogen) atoms. The molecule has 0 bridgehead atoms. The number of hydrogen-bond acceptors (Lipinski definition) is 5. The van der Waals surface area contributed by atoms with Gasteiger partial charge in [-0.3, -0.25) is 13.9 Å². The molecule has 2 amide bonds. The van der Waals surface area contributed by atoms with E-state index in [0.29, 0.717) is 34.7 Å². The van der Waals surface area contributed by atoms with E-state index in [1.54, 1.807) is 43.3 Å². The first kappa shape index (κ1) is 32.5. The molecule has 0 aromatic heterocycles. The average Bonchev–Trinajstić information content (AvgIpc) is 2.97. The van der Waals surface area contributed by atoms with Crippen molar-refractivity contribution in [3.63, 3.8) is 0 Å². The van der Waals surface area contributed by atoms with Gasteiger partial charge in [0.05, 0.1) is 23.3 Å². The van der Waals surface area contributed by atoms with E-state index in [9.17, 15) is 31.2 Å². The molecule has 0 aliphatic rings. The number of hydrogen-bond donors (Lipinski definition) is 1. The Labute approximate surface area is 244 Å². The van der Waals surface area contributed by atoms with E-state index in [2.05, 4.69) is 5.32 Å². The van der Waals surface area contributed by atoms with Gasteiger partial charge in [0.15, 0.2) is 0 Å². The number of anilines is 1. The number of carbonyl (C=O) groups excluding carboxylic acids is 2. The maximum atomic E-state index is 13.9. The van der Waals surface area contributed by atoms with Crippen LogP contribution >= 0.6 is 0 Å². The van der Waals surface area contributed by atoms with Crippen molar-refractivity contribution in [2.24, 2.45) is 0 Å². The van der Waals surface area contributed by atoms with Crippen LogP contribution in [0.3, 0.4) is 0 Å². The quantitative estimate of drug-likeness (QED) is 0.308. The first-order chi connectivity index (χ1) is 19.8. The molecule has 226 valence electrons. The first-order valence-corrected chi connectivity index (χ1v) is 14.7. The van der Waals surface area contributed by atoms with Crippen LogP contribution in [-0.2, 0) is 32.3 Å². The van der Waals surface area contributed by atoms with E-state index >= 15 is 0 Å². The zero-order chi connectivity index (χ0) is 31.1. The van der Waals surface area contributed by atoms with Crippen molar-refractivity contribution in [3.8, 4) is 5.75 Å². The maximum absolute atomic E-state index is 13.9. The zero-order valence-corrected chi connectivity index (χ0v) is 24.6. The van der Waals surface area contributed by atoms with E-state index < -0.39 is 46.2 Å². The predicted octanol–water partition coefficient (Wildman–Crippen LogP) is 5.16. The lowest BCUT2D eigenvalue weighted by Gasteiger charge is -2.32.